The maximum absolute atomic E-state index is 12.3. The van der Waals surface area contributed by atoms with E-state index in [1.54, 1.807) is 25.3 Å². The first kappa shape index (κ1) is 17.9. The van der Waals surface area contributed by atoms with Gasteiger partial charge in [-0.1, -0.05) is 0 Å². The number of aryl methyl sites for hydroxylation is 1. The van der Waals surface area contributed by atoms with Gasteiger partial charge in [-0.2, -0.15) is 0 Å². The predicted octanol–water partition coefficient (Wildman–Crippen LogP) is 3.36. The van der Waals surface area contributed by atoms with Crippen molar-refractivity contribution < 1.29 is 23.4 Å². The lowest BCUT2D eigenvalue weighted by Gasteiger charge is -2.05. The number of rotatable bonds is 6. The van der Waals surface area contributed by atoms with E-state index < -0.39 is 0 Å². The summed E-state index contributed by atoms with van der Waals surface area (Å²) in [5.74, 6) is 3.14. The number of fused-ring (bicyclic) bond motifs is 1. The Balaban J connectivity index is 1.37. The van der Waals surface area contributed by atoms with Gasteiger partial charge < -0.3 is 23.9 Å². The molecule has 0 radical (unpaired) electrons. The number of carbonyl (C=O) groups excluding carboxylic acids is 1. The zero-order valence-corrected chi connectivity index (χ0v) is 15.7. The van der Waals surface area contributed by atoms with Crippen molar-refractivity contribution in [1.82, 2.24) is 10.3 Å². The van der Waals surface area contributed by atoms with E-state index in [0.717, 1.165) is 22.8 Å². The van der Waals surface area contributed by atoms with Crippen molar-refractivity contribution in [3.8, 4) is 28.7 Å². The van der Waals surface area contributed by atoms with E-state index in [0.29, 0.717) is 35.9 Å². The van der Waals surface area contributed by atoms with Gasteiger partial charge >= 0.3 is 0 Å². The van der Waals surface area contributed by atoms with Crippen molar-refractivity contribution in [1.29, 1.82) is 0 Å². The minimum absolute atomic E-state index is 0.171. The molecule has 7 nitrogen and oxygen atoms in total. The quantitative estimate of drug-likeness (QED) is 0.706. The van der Waals surface area contributed by atoms with Crippen LogP contribution in [0.15, 0.2) is 46.9 Å². The fraction of sp³-hybridized carbons (Fsp3) is 0.238. The summed E-state index contributed by atoms with van der Waals surface area (Å²) in [7, 11) is 1.63. The predicted molar refractivity (Wildman–Crippen MR) is 102 cm³/mol. The van der Waals surface area contributed by atoms with Crippen LogP contribution in [0.3, 0.4) is 0 Å². The van der Waals surface area contributed by atoms with Gasteiger partial charge in [0.25, 0.3) is 5.91 Å². The molecule has 0 aliphatic carbocycles. The Morgan fingerprint density at radius 3 is 2.71 bits per heavy atom. The largest absolute Gasteiger partial charge is 0.497 e. The van der Waals surface area contributed by atoms with Crippen LogP contribution in [0.4, 0.5) is 0 Å². The van der Waals surface area contributed by atoms with Crippen LogP contribution in [0, 0.1) is 6.92 Å². The Bertz CT molecular complexity index is 995. The van der Waals surface area contributed by atoms with E-state index in [-0.39, 0.29) is 12.7 Å². The topological polar surface area (TPSA) is 82.8 Å². The molecule has 1 N–H and O–H groups in total. The fourth-order valence-corrected chi connectivity index (χ4v) is 2.95. The van der Waals surface area contributed by atoms with Crippen LogP contribution in [0.2, 0.25) is 0 Å². The van der Waals surface area contributed by atoms with E-state index in [1.807, 2.05) is 31.2 Å². The number of nitrogens with zero attached hydrogens (tertiary/aromatic N) is 1. The lowest BCUT2D eigenvalue weighted by Crippen LogP contribution is -2.25. The van der Waals surface area contributed by atoms with Gasteiger partial charge in [0.05, 0.1) is 12.8 Å². The number of methoxy groups -OCH3 is 1. The highest BCUT2D eigenvalue weighted by molar-refractivity contribution is 5.94. The monoisotopic (exact) mass is 380 g/mol. The number of aromatic nitrogens is 1. The van der Waals surface area contributed by atoms with E-state index >= 15 is 0 Å². The average Bonchev–Trinajstić information content (AvgIpc) is 3.34. The summed E-state index contributed by atoms with van der Waals surface area (Å²) >= 11 is 0. The maximum Gasteiger partial charge on any atom is 0.251 e. The summed E-state index contributed by atoms with van der Waals surface area (Å²) in [6.07, 6.45) is 0.571. The zero-order chi connectivity index (χ0) is 19.5. The molecule has 0 fully saturated rings. The molecular weight excluding hydrogens is 360 g/mol. The third kappa shape index (κ3) is 3.64. The van der Waals surface area contributed by atoms with Crippen molar-refractivity contribution in [3.05, 3.63) is 59.5 Å². The molecule has 0 saturated carbocycles. The highest BCUT2D eigenvalue weighted by atomic mass is 16.7. The number of nitrogens with one attached hydrogen (secondary N) is 1. The normalized spacial score (nSPS) is 12.1. The molecule has 4 rings (SSSR count). The average molecular weight is 380 g/mol. The molecular formula is C21H20N2O5. The molecule has 0 bridgehead atoms. The van der Waals surface area contributed by atoms with Crippen LogP contribution in [-0.4, -0.2) is 31.3 Å². The molecule has 0 atom stereocenters. The Labute approximate surface area is 162 Å². The molecule has 1 amide bonds. The molecule has 144 valence electrons. The van der Waals surface area contributed by atoms with Gasteiger partial charge in [-0.15, -0.1) is 0 Å². The van der Waals surface area contributed by atoms with Crippen LogP contribution in [0.1, 0.15) is 21.8 Å². The van der Waals surface area contributed by atoms with Gasteiger partial charge in [0.1, 0.15) is 11.5 Å². The van der Waals surface area contributed by atoms with Crippen LogP contribution >= 0.6 is 0 Å². The zero-order valence-electron chi connectivity index (χ0n) is 15.7. The Morgan fingerprint density at radius 2 is 1.93 bits per heavy atom. The van der Waals surface area contributed by atoms with Gasteiger partial charge in [0.15, 0.2) is 11.5 Å². The minimum Gasteiger partial charge on any atom is -0.497 e. The second-order valence-electron chi connectivity index (χ2n) is 6.32. The molecule has 1 aliphatic heterocycles. The van der Waals surface area contributed by atoms with Crippen molar-refractivity contribution >= 4 is 5.91 Å². The summed E-state index contributed by atoms with van der Waals surface area (Å²) in [5.41, 5.74) is 2.22. The number of amides is 1. The molecule has 1 aliphatic rings. The minimum atomic E-state index is -0.171. The fourth-order valence-electron chi connectivity index (χ4n) is 2.95. The van der Waals surface area contributed by atoms with E-state index in [9.17, 15) is 4.79 Å². The van der Waals surface area contributed by atoms with E-state index in [4.69, 9.17) is 18.6 Å². The summed E-state index contributed by atoms with van der Waals surface area (Å²) in [6, 6.07) is 12.7. The van der Waals surface area contributed by atoms with E-state index in [2.05, 4.69) is 10.3 Å². The lowest BCUT2D eigenvalue weighted by molar-refractivity contribution is 0.0953. The number of oxazole rings is 1. The van der Waals surface area contributed by atoms with Crippen molar-refractivity contribution in [2.75, 3.05) is 20.4 Å². The van der Waals surface area contributed by atoms with Crippen LogP contribution in [0.5, 0.6) is 17.2 Å². The highest BCUT2D eigenvalue weighted by Gasteiger charge is 2.16. The molecule has 1 aromatic heterocycles. The summed E-state index contributed by atoms with van der Waals surface area (Å²) in [5, 5.41) is 2.90. The second kappa shape index (κ2) is 7.64. The number of benzene rings is 2. The van der Waals surface area contributed by atoms with Crippen molar-refractivity contribution in [3.63, 3.8) is 0 Å². The molecule has 28 heavy (non-hydrogen) atoms. The van der Waals surface area contributed by atoms with Crippen LogP contribution in [0.25, 0.3) is 11.5 Å². The third-order valence-corrected chi connectivity index (χ3v) is 4.51. The van der Waals surface area contributed by atoms with Gasteiger partial charge in [-0.3, -0.25) is 4.79 Å². The SMILES string of the molecule is COc1ccc(-c2nc(CCNC(=O)c3ccc4c(c3)OCO4)c(C)o2)cc1. The van der Waals surface area contributed by atoms with Gasteiger partial charge in [0.2, 0.25) is 12.7 Å². The maximum atomic E-state index is 12.3. The standard InChI is InChI=1S/C21H20N2O5/c1-13-17(23-21(28-13)14-3-6-16(25-2)7-4-14)9-10-22-20(24)15-5-8-18-19(11-15)27-12-26-18/h3-8,11H,9-10,12H2,1-2H3,(H,22,24). The number of carbonyl (C=O) groups is 1. The molecule has 3 aromatic rings. The highest BCUT2D eigenvalue weighted by Crippen LogP contribution is 2.32. The van der Waals surface area contributed by atoms with Gasteiger partial charge in [-0.25, -0.2) is 4.98 Å². The molecule has 0 spiro atoms. The molecule has 7 heteroatoms. The Hall–Kier alpha value is -3.48. The first-order valence-corrected chi connectivity index (χ1v) is 8.92. The number of ether oxygens (including phenoxy) is 3. The molecule has 0 saturated heterocycles. The van der Waals surface area contributed by atoms with Crippen molar-refractivity contribution in [2.24, 2.45) is 0 Å². The molecule has 2 heterocycles. The van der Waals surface area contributed by atoms with Crippen LogP contribution in [-0.2, 0) is 6.42 Å². The molecule has 2 aromatic carbocycles. The van der Waals surface area contributed by atoms with Crippen LogP contribution < -0.4 is 19.5 Å². The van der Waals surface area contributed by atoms with Gasteiger partial charge in [-0.05, 0) is 49.4 Å². The second-order valence-corrected chi connectivity index (χ2v) is 6.32. The smallest absolute Gasteiger partial charge is 0.251 e. The van der Waals surface area contributed by atoms with Gasteiger partial charge in [0, 0.05) is 24.1 Å². The lowest BCUT2D eigenvalue weighted by atomic mass is 10.2. The summed E-state index contributed by atoms with van der Waals surface area (Å²) in [4.78, 5) is 16.9. The van der Waals surface area contributed by atoms with Crippen molar-refractivity contribution in [2.45, 2.75) is 13.3 Å². The van der Waals surface area contributed by atoms with E-state index in [1.165, 1.54) is 0 Å². The first-order valence-electron chi connectivity index (χ1n) is 8.92. The summed E-state index contributed by atoms with van der Waals surface area (Å²) < 4.78 is 21.5. The Kier molecular flexibility index (Phi) is 4.89. The Morgan fingerprint density at radius 1 is 1.14 bits per heavy atom. The summed E-state index contributed by atoms with van der Waals surface area (Å²) in [6.45, 7) is 2.50. The number of hydrogen-bond acceptors (Lipinski definition) is 6. The third-order valence-electron chi connectivity index (χ3n) is 4.51. The molecule has 0 unspecified atom stereocenters. The first-order chi connectivity index (χ1) is 13.6. The number of hydrogen-bond donors (Lipinski definition) is 1.